The van der Waals surface area contributed by atoms with Gasteiger partial charge in [0.15, 0.2) is 5.78 Å². The number of nitrogens with one attached hydrogen (secondary N) is 1. The van der Waals surface area contributed by atoms with Crippen LogP contribution in [0.2, 0.25) is 0 Å². The maximum Gasteiger partial charge on any atom is 0.179 e. The predicted molar refractivity (Wildman–Crippen MR) is 62.1 cm³/mol. The molecule has 2 aromatic rings. The van der Waals surface area contributed by atoms with Gasteiger partial charge in [-0.2, -0.15) is 0 Å². The average molecular weight is 233 g/mol. The van der Waals surface area contributed by atoms with Crippen LogP contribution < -0.4 is 4.74 Å². The van der Waals surface area contributed by atoms with Gasteiger partial charge in [-0.15, -0.1) is 0 Å². The highest BCUT2D eigenvalue weighted by Crippen LogP contribution is 2.35. The minimum atomic E-state index is -0.298. The molecule has 1 aliphatic carbocycles. The Kier molecular flexibility index (Phi) is 2.18. The van der Waals surface area contributed by atoms with Gasteiger partial charge in [-0.1, -0.05) is 0 Å². The fourth-order valence-corrected chi connectivity index (χ4v) is 2.51. The van der Waals surface area contributed by atoms with E-state index >= 15 is 0 Å². The monoisotopic (exact) mass is 233 g/mol. The molecule has 4 heteroatoms. The Morgan fingerprint density at radius 1 is 1.35 bits per heavy atom. The molecule has 0 unspecified atom stereocenters. The molecule has 0 amide bonds. The summed E-state index contributed by atoms with van der Waals surface area (Å²) in [5.74, 6) is 0.334. The van der Waals surface area contributed by atoms with Crippen molar-refractivity contribution in [2.45, 2.75) is 19.3 Å². The SMILES string of the molecule is COc1ccc(F)c2c3c([nH]c12)C(=O)CCC3. The number of Topliss-reactive ketones (excluding diaryl/α,β-unsaturated/α-hetero) is 1. The molecule has 1 aromatic carbocycles. The highest BCUT2D eigenvalue weighted by Gasteiger charge is 2.25. The molecule has 0 bridgehead atoms. The number of aryl methyl sites for hydroxylation is 1. The van der Waals surface area contributed by atoms with Crippen molar-refractivity contribution in [1.29, 1.82) is 0 Å². The summed E-state index contributed by atoms with van der Waals surface area (Å²) in [4.78, 5) is 14.8. The number of hydrogen-bond donors (Lipinski definition) is 1. The van der Waals surface area contributed by atoms with Gasteiger partial charge in [-0.25, -0.2) is 4.39 Å². The van der Waals surface area contributed by atoms with Crippen molar-refractivity contribution in [3.63, 3.8) is 0 Å². The van der Waals surface area contributed by atoms with Crippen molar-refractivity contribution >= 4 is 16.7 Å². The summed E-state index contributed by atoms with van der Waals surface area (Å²) in [5, 5.41) is 0.507. The lowest BCUT2D eigenvalue weighted by Gasteiger charge is -2.09. The van der Waals surface area contributed by atoms with Crippen LogP contribution >= 0.6 is 0 Å². The highest BCUT2D eigenvalue weighted by atomic mass is 19.1. The Hall–Kier alpha value is -1.84. The molecule has 0 aliphatic heterocycles. The maximum atomic E-state index is 13.9. The molecule has 0 fully saturated rings. The van der Waals surface area contributed by atoms with Gasteiger partial charge >= 0.3 is 0 Å². The second-order valence-electron chi connectivity index (χ2n) is 4.25. The smallest absolute Gasteiger partial charge is 0.179 e. The van der Waals surface area contributed by atoms with Gasteiger partial charge in [-0.3, -0.25) is 4.79 Å². The largest absolute Gasteiger partial charge is 0.495 e. The zero-order valence-corrected chi connectivity index (χ0v) is 9.47. The summed E-state index contributed by atoms with van der Waals surface area (Å²) in [7, 11) is 1.54. The number of carbonyl (C=O) groups excluding carboxylic acids is 1. The lowest BCUT2D eigenvalue weighted by molar-refractivity contribution is 0.0968. The molecule has 0 atom stereocenters. The number of aromatic amines is 1. The van der Waals surface area contributed by atoms with Crippen LogP contribution in [0.3, 0.4) is 0 Å². The topological polar surface area (TPSA) is 42.1 Å². The van der Waals surface area contributed by atoms with Crippen molar-refractivity contribution in [2.75, 3.05) is 7.11 Å². The molecule has 1 aromatic heterocycles. The number of aromatic nitrogens is 1. The molecule has 88 valence electrons. The first-order chi connectivity index (χ1) is 8.22. The number of benzene rings is 1. The highest BCUT2D eigenvalue weighted by molar-refractivity contribution is 6.04. The molecule has 0 saturated heterocycles. The number of methoxy groups -OCH3 is 1. The number of ketones is 1. The zero-order chi connectivity index (χ0) is 12.0. The van der Waals surface area contributed by atoms with E-state index in [-0.39, 0.29) is 11.6 Å². The van der Waals surface area contributed by atoms with Crippen molar-refractivity contribution in [3.8, 4) is 5.75 Å². The number of fused-ring (bicyclic) bond motifs is 3. The van der Waals surface area contributed by atoms with Gasteiger partial charge < -0.3 is 9.72 Å². The number of rotatable bonds is 1. The van der Waals surface area contributed by atoms with Gasteiger partial charge in [0.1, 0.15) is 11.6 Å². The third-order valence-electron chi connectivity index (χ3n) is 3.30. The Labute approximate surface area is 97.6 Å². The van der Waals surface area contributed by atoms with Crippen LogP contribution in [0, 0.1) is 5.82 Å². The molecular weight excluding hydrogens is 221 g/mol. The minimum Gasteiger partial charge on any atom is -0.495 e. The lowest BCUT2D eigenvalue weighted by atomic mass is 9.94. The Morgan fingerprint density at radius 2 is 2.18 bits per heavy atom. The second-order valence-corrected chi connectivity index (χ2v) is 4.25. The van der Waals surface area contributed by atoms with Crippen molar-refractivity contribution in [2.24, 2.45) is 0 Å². The predicted octanol–water partition coefficient (Wildman–Crippen LogP) is 2.83. The summed E-state index contributed by atoms with van der Waals surface area (Å²) < 4.78 is 19.1. The van der Waals surface area contributed by atoms with E-state index in [9.17, 15) is 9.18 Å². The summed E-state index contributed by atoms with van der Waals surface area (Å²) in [6.45, 7) is 0. The van der Waals surface area contributed by atoms with Crippen molar-refractivity contribution in [1.82, 2.24) is 4.98 Å². The number of halogens is 1. The van der Waals surface area contributed by atoms with Gasteiger partial charge in [0, 0.05) is 11.8 Å². The molecule has 1 heterocycles. The molecule has 1 aliphatic rings. The molecule has 3 nitrogen and oxygen atoms in total. The van der Waals surface area contributed by atoms with Gasteiger partial charge in [0.2, 0.25) is 0 Å². The van der Waals surface area contributed by atoms with Crippen molar-refractivity contribution in [3.05, 3.63) is 29.2 Å². The molecule has 0 saturated carbocycles. The van der Waals surface area contributed by atoms with Gasteiger partial charge in [-0.05, 0) is 30.5 Å². The summed E-state index contributed by atoms with van der Waals surface area (Å²) in [6.07, 6.45) is 2.06. The molecule has 3 rings (SSSR count). The number of H-pyrrole nitrogens is 1. The summed E-state index contributed by atoms with van der Waals surface area (Å²) >= 11 is 0. The van der Waals surface area contributed by atoms with Crippen LogP contribution in [0.25, 0.3) is 10.9 Å². The van der Waals surface area contributed by atoms with Crippen LogP contribution in [-0.4, -0.2) is 17.9 Å². The van der Waals surface area contributed by atoms with Crippen LogP contribution in [0.1, 0.15) is 28.9 Å². The number of ether oxygens (including phenoxy) is 1. The van der Waals surface area contributed by atoms with Gasteiger partial charge in [0.25, 0.3) is 0 Å². The van der Waals surface area contributed by atoms with E-state index in [0.717, 1.165) is 18.4 Å². The van der Waals surface area contributed by atoms with Crippen LogP contribution in [0.15, 0.2) is 12.1 Å². The van der Waals surface area contributed by atoms with Crippen LogP contribution in [0.5, 0.6) is 5.75 Å². The quantitative estimate of drug-likeness (QED) is 0.822. The fourth-order valence-electron chi connectivity index (χ4n) is 2.51. The van der Waals surface area contributed by atoms with Gasteiger partial charge in [0.05, 0.1) is 18.3 Å². The first-order valence-electron chi connectivity index (χ1n) is 5.62. The molecule has 0 spiro atoms. The first-order valence-corrected chi connectivity index (χ1v) is 5.62. The summed E-state index contributed by atoms with van der Waals surface area (Å²) in [6, 6.07) is 2.96. The molecule has 0 radical (unpaired) electrons. The van der Waals surface area contributed by atoms with Crippen LogP contribution in [-0.2, 0) is 6.42 Å². The van der Waals surface area contributed by atoms with E-state index < -0.39 is 0 Å². The number of carbonyl (C=O) groups is 1. The Bertz CT molecular complexity index is 615. The molecule has 17 heavy (non-hydrogen) atoms. The lowest BCUT2D eigenvalue weighted by Crippen LogP contribution is -2.09. The molecule has 1 N–H and O–H groups in total. The van der Waals surface area contributed by atoms with E-state index in [1.807, 2.05) is 0 Å². The zero-order valence-electron chi connectivity index (χ0n) is 9.47. The van der Waals surface area contributed by atoms with E-state index in [0.29, 0.717) is 28.8 Å². The normalized spacial score (nSPS) is 15.1. The van der Waals surface area contributed by atoms with E-state index in [1.54, 1.807) is 6.07 Å². The van der Waals surface area contributed by atoms with E-state index in [4.69, 9.17) is 4.74 Å². The standard InChI is InChI=1S/C13H12FNO2/c1-17-10-6-5-8(14)11-7-3-2-4-9(16)12(7)15-13(10)11/h5-6,15H,2-4H2,1H3. The second kappa shape index (κ2) is 3.58. The van der Waals surface area contributed by atoms with E-state index in [1.165, 1.54) is 13.2 Å². The van der Waals surface area contributed by atoms with Crippen LogP contribution in [0.4, 0.5) is 4.39 Å². The third kappa shape index (κ3) is 1.37. The molecular formula is C13H12FNO2. The van der Waals surface area contributed by atoms with E-state index in [2.05, 4.69) is 4.98 Å². The maximum absolute atomic E-state index is 13.9. The first kappa shape index (κ1) is 10.3. The Balaban J connectivity index is 2.40. The third-order valence-corrected chi connectivity index (χ3v) is 3.30. The Morgan fingerprint density at radius 3 is 2.94 bits per heavy atom. The fraction of sp³-hybridized carbons (Fsp3) is 0.308. The number of hydrogen-bond acceptors (Lipinski definition) is 2. The summed E-state index contributed by atoms with van der Waals surface area (Å²) in [5.41, 5.74) is 1.94. The van der Waals surface area contributed by atoms with Crippen molar-refractivity contribution < 1.29 is 13.9 Å². The minimum absolute atomic E-state index is 0.0592. The average Bonchev–Trinajstić information content (AvgIpc) is 2.71.